The third-order valence-corrected chi connectivity index (χ3v) is 3.88. The highest BCUT2D eigenvalue weighted by Gasteiger charge is 2.26. The lowest BCUT2D eigenvalue weighted by atomic mass is 10.2. The van der Waals surface area contributed by atoms with Crippen LogP contribution in [-0.4, -0.2) is 36.3 Å². The first kappa shape index (κ1) is 15.2. The van der Waals surface area contributed by atoms with Crippen molar-refractivity contribution in [2.75, 3.05) is 24.5 Å². The number of halogens is 1. The van der Waals surface area contributed by atoms with E-state index in [0.717, 1.165) is 5.69 Å². The van der Waals surface area contributed by atoms with E-state index in [4.69, 9.17) is 0 Å². The fourth-order valence-electron chi connectivity index (χ4n) is 2.70. The van der Waals surface area contributed by atoms with Crippen molar-refractivity contribution >= 4 is 17.5 Å². The van der Waals surface area contributed by atoms with E-state index in [1.807, 2.05) is 30.3 Å². The fourth-order valence-corrected chi connectivity index (χ4v) is 2.70. The molecule has 1 aliphatic heterocycles. The summed E-state index contributed by atoms with van der Waals surface area (Å²) >= 11 is 0. The average molecular weight is 312 g/mol. The Balaban J connectivity index is 1.75. The van der Waals surface area contributed by atoms with E-state index in [0.29, 0.717) is 25.1 Å². The van der Waals surface area contributed by atoms with Crippen molar-refractivity contribution in [2.24, 2.45) is 0 Å². The molecular weight excluding hydrogens is 295 g/mol. The Bertz CT molecular complexity index is 701. The van der Waals surface area contributed by atoms with Crippen molar-refractivity contribution in [3.63, 3.8) is 0 Å². The van der Waals surface area contributed by atoms with Gasteiger partial charge in [0.25, 0.3) is 5.91 Å². The van der Waals surface area contributed by atoms with Crippen LogP contribution in [0.25, 0.3) is 0 Å². The summed E-state index contributed by atoms with van der Waals surface area (Å²) < 4.78 is 13.0. The number of para-hydroxylation sites is 1. The smallest absolute Gasteiger partial charge is 0.254 e. The molecule has 0 atom stereocenters. The molecule has 0 radical (unpaired) electrons. The normalized spacial score (nSPS) is 15.4. The highest BCUT2D eigenvalue weighted by atomic mass is 19.1. The monoisotopic (exact) mass is 312 g/mol. The lowest BCUT2D eigenvalue weighted by molar-refractivity contribution is -0.118. The van der Waals surface area contributed by atoms with E-state index in [2.05, 4.69) is 0 Å². The van der Waals surface area contributed by atoms with E-state index < -0.39 is 0 Å². The maximum Gasteiger partial charge on any atom is 0.254 e. The summed E-state index contributed by atoms with van der Waals surface area (Å²) in [4.78, 5) is 28.2. The molecule has 118 valence electrons. The van der Waals surface area contributed by atoms with Gasteiger partial charge in [-0.1, -0.05) is 18.2 Å². The molecule has 2 aromatic rings. The van der Waals surface area contributed by atoms with Crippen molar-refractivity contribution in [2.45, 2.75) is 6.42 Å². The first-order chi connectivity index (χ1) is 11.1. The molecule has 3 rings (SSSR count). The van der Waals surface area contributed by atoms with Crippen LogP contribution in [0.2, 0.25) is 0 Å². The third-order valence-electron chi connectivity index (χ3n) is 3.88. The quantitative estimate of drug-likeness (QED) is 0.855. The van der Waals surface area contributed by atoms with Crippen LogP contribution in [0.3, 0.4) is 0 Å². The molecule has 23 heavy (non-hydrogen) atoms. The van der Waals surface area contributed by atoms with E-state index in [-0.39, 0.29) is 24.2 Å². The summed E-state index contributed by atoms with van der Waals surface area (Å²) in [6, 6.07) is 14.8. The number of carbonyl (C=O) groups excluding carboxylic acids is 2. The SMILES string of the molecule is O=C(c1ccc(F)cc1)N1CCCN(c2ccccc2)C(=O)C1. The van der Waals surface area contributed by atoms with Gasteiger partial charge >= 0.3 is 0 Å². The second-order valence-corrected chi connectivity index (χ2v) is 5.47. The predicted molar refractivity (Wildman–Crippen MR) is 85.7 cm³/mol. The molecule has 0 aliphatic carbocycles. The van der Waals surface area contributed by atoms with Crippen molar-refractivity contribution in [3.8, 4) is 0 Å². The number of nitrogens with zero attached hydrogens (tertiary/aromatic N) is 2. The second-order valence-electron chi connectivity index (χ2n) is 5.47. The molecule has 2 amide bonds. The number of benzene rings is 2. The lowest BCUT2D eigenvalue weighted by Crippen LogP contribution is -2.39. The Morgan fingerprint density at radius 1 is 0.957 bits per heavy atom. The summed E-state index contributed by atoms with van der Waals surface area (Å²) in [6.07, 6.45) is 0.702. The van der Waals surface area contributed by atoms with Gasteiger partial charge in [-0.05, 0) is 42.8 Å². The van der Waals surface area contributed by atoms with Crippen LogP contribution >= 0.6 is 0 Å². The Labute approximate surface area is 134 Å². The van der Waals surface area contributed by atoms with Crippen molar-refractivity contribution in [1.82, 2.24) is 4.90 Å². The van der Waals surface area contributed by atoms with Crippen LogP contribution in [0.4, 0.5) is 10.1 Å². The molecule has 1 aliphatic rings. The minimum absolute atomic E-state index is 0.0328. The molecule has 1 saturated heterocycles. The number of anilines is 1. The van der Waals surface area contributed by atoms with Crippen LogP contribution < -0.4 is 4.90 Å². The summed E-state index contributed by atoms with van der Waals surface area (Å²) in [6.45, 7) is 1.12. The van der Waals surface area contributed by atoms with E-state index in [1.165, 1.54) is 29.2 Å². The van der Waals surface area contributed by atoms with Crippen LogP contribution in [0.15, 0.2) is 54.6 Å². The lowest BCUT2D eigenvalue weighted by Gasteiger charge is -2.22. The first-order valence-electron chi connectivity index (χ1n) is 7.55. The minimum Gasteiger partial charge on any atom is -0.329 e. The van der Waals surface area contributed by atoms with Gasteiger partial charge in [-0.25, -0.2) is 4.39 Å². The molecule has 1 heterocycles. The molecule has 0 aromatic heterocycles. The zero-order valence-corrected chi connectivity index (χ0v) is 12.6. The first-order valence-corrected chi connectivity index (χ1v) is 7.55. The fraction of sp³-hybridized carbons (Fsp3) is 0.222. The molecule has 0 N–H and O–H groups in total. The highest BCUT2D eigenvalue weighted by molar-refractivity contribution is 6.00. The van der Waals surface area contributed by atoms with Gasteiger partial charge in [0, 0.05) is 24.3 Å². The topological polar surface area (TPSA) is 40.6 Å². The maximum atomic E-state index is 13.0. The third kappa shape index (κ3) is 3.39. The average Bonchev–Trinajstić information content (AvgIpc) is 2.77. The van der Waals surface area contributed by atoms with E-state index in [9.17, 15) is 14.0 Å². The van der Waals surface area contributed by atoms with Gasteiger partial charge in [0.1, 0.15) is 12.4 Å². The summed E-state index contributed by atoms with van der Waals surface area (Å²) in [5.41, 5.74) is 1.24. The zero-order valence-electron chi connectivity index (χ0n) is 12.6. The minimum atomic E-state index is -0.385. The van der Waals surface area contributed by atoms with Gasteiger partial charge in [0.05, 0.1) is 0 Å². The van der Waals surface area contributed by atoms with Gasteiger partial charge in [-0.2, -0.15) is 0 Å². The van der Waals surface area contributed by atoms with Gasteiger partial charge < -0.3 is 9.80 Å². The second kappa shape index (κ2) is 6.60. The molecule has 0 bridgehead atoms. The van der Waals surface area contributed by atoms with Gasteiger partial charge in [-0.15, -0.1) is 0 Å². The molecule has 0 spiro atoms. The predicted octanol–water partition coefficient (Wildman–Crippen LogP) is 2.70. The van der Waals surface area contributed by atoms with Gasteiger partial charge in [0.2, 0.25) is 5.91 Å². The van der Waals surface area contributed by atoms with Crippen LogP contribution in [0.1, 0.15) is 16.8 Å². The summed E-state index contributed by atoms with van der Waals surface area (Å²) in [7, 11) is 0. The molecule has 4 nitrogen and oxygen atoms in total. The van der Waals surface area contributed by atoms with Crippen molar-refractivity contribution in [1.29, 1.82) is 0 Å². The van der Waals surface area contributed by atoms with E-state index >= 15 is 0 Å². The van der Waals surface area contributed by atoms with Crippen LogP contribution in [0.5, 0.6) is 0 Å². The molecule has 5 heteroatoms. The largest absolute Gasteiger partial charge is 0.329 e. The Morgan fingerprint density at radius 3 is 2.35 bits per heavy atom. The molecule has 1 fully saturated rings. The van der Waals surface area contributed by atoms with Crippen molar-refractivity contribution in [3.05, 3.63) is 66.0 Å². The molecule has 0 saturated carbocycles. The van der Waals surface area contributed by atoms with Crippen molar-refractivity contribution < 1.29 is 14.0 Å². The van der Waals surface area contributed by atoms with Crippen LogP contribution in [-0.2, 0) is 4.79 Å². The standard InChI is InChI=1S/C18H17FN2O2/c19-15-9-7-14(8-10-15)18(23)20-11-4-12-21(17(22)13-20)16-5-2-1-3-6-16/h1-3,5-10H,4,11-13H2. The molecule has 2 aromatic carbocycles. The Morgan fingerprint density at radius 2 is 1.65 bits per heavy atom. The van der Waals surface area contributed by atoms with Gasteiger partial charge in [-0.3, -0.25) is 9.59 Å². The maximum absolute atomic E-state index is 13.0. The number of rotatable bonds is 2. The van der Waals surface area contributed by atoms with Gasteiger partial charge in [0.15, 0.2) is 0 Å². The summed E-state index contributed by atoms with van der Waals surface area (Å²) in [5.74, 6) is -0.735. The highest BCUT2D eigenvalue weighted by Crippen LogP contribution is 2.18. The van der Waals surface area contributed by atoms with E-state index in [1.54, 1.807) is 4.90 Å². The number of hydrogen-bond acceptors (Lipinski definition) is 2. The number of hydrogen-bond donors (Lipinski definition) is 0. The Kier molecular flexibility index (Phi) is 4.37. The molecular formula is C18H17FN2O2. The summed E-state index contributed by atoms with van der Waals surface area (Å²) in [5, 5.41) is 0. The zero-order chi connectivity index (χ0) is 16.2. The number of carbonyl (C=O) groups is 2. The number of amides is 2. The Hall–Kier alpha value is -2.69. The molecule has 0 unspecified atom stereocenters. The van der Waals surface area contributed by atoms with Crippen LogP contribution in [0, 0.1) is 5.82 Å².